The lowest BCUT2D eigenvalue weighted by molar-refractivity contribution is 0.690. The molecule has 1 unspecified atom stereocenters. The molecule has 0 aliphatic heterocycles. The fourth-order valence-corrected chi connectivity index (χ4v) is 4.00. The Labute approximate surface area is 99.8 Å². The van der Waals surface area contributed by atoms with Crippen LogP contribution in [0.25, 0.3) is 0 Å². The van der Waals surface area contributed by atoms with Crippen molar-refractivity contribution in [3.63, 3.8) is 0 Å². The minimum atomic E-state index is 0.838. The molecule has 0 aromatic carbocycles. The third kappa shape index (κ3) is 2.04. The Morgan fingerprint density at radius 2 is 2.46 bits per heavy atom. The first-order valence-electron chi connectivity index (χ1n) is 4.36. The predicted octanol–water partition coefficient (Wildman–Crippen LogP) is 3.55. The fourth-order valence-electron chi connectivity index (χ4n) is 1.83. The van der Waals surface area contributed by atoms with E-state index in [1.54, 1.807) is 20.4 Å². The standard InChI is InChI=1S/C9H12INS2/c1-12-8-3-2-7-4-5-11(13-10)9(7)6-8/h4-5,8H,2-3,6H2,1H3. The van der Waals surface area contributed by atoms with Crippen molar-refractivity contribution in [2.45, 2.75) is 24.5 Å². The molecule has 1 aliphatic rings. The molecule has 72 valence electrons. The van der Waals surface area contributed by atoms with Crippen LogP contribution in [0.5, 0.6) is 0 Å². The van der Waals surface area contributed by atoms with Crippen LogP contribution in [0, 0.1) is 0 Å². The van der Waals surface area contributed by atoms with Crippen molar-refractivity contribution in [1.82, 2.24) is 3.97 Å². The molecule has 0 bridgehead atoms. The number of halogens is 1. The largest absolute Gasteiger partial charge is 0.287 e. The molecule has 1 atom stereocenters. The molecule has 0 fully saturated rings. The van der Waals surface area contributed by atoms with Gasteiger partial charge in [-0.1, -0.05) is 0 Å². The second-order valence-corrected chi connectivity index (χ2v) is 6.13. The molecule has 4 heteroatoms. The van der Waals surface area contributed by atoms with Crippen molar-refractivity contribution in [2.24, 2.45) is 0 Å². The lowest BCUT2D eigenvalue weighted by Crippen LogP contribution is -2.16. The number of aromatic nitrogens is 1. The van der Waals surface area contributed by atoms with Gasteiger partial charge in [-0.15, -0.1) is 0 Å². The summed E-state index contributed by atoms with van der Waals surface area (Å²) in [5.74, 6) is 0. The molecule has 1 aromatic rings. The zero-order valence-corrected chi connectivity index (χ0v) is 11.3. The zero-order chi connectivity index (χ0) is 9.26. The first-order valence-corrected chi connectivity index (χ1v) is 8.96. The molecule has 0 N–H and O–H groups in total. The van der Waals surface area contributed by atoms with Crippen molar-refractivity contribution in [3.05, 3.63) is 23.5 Å². The number of hydrogen-bond donors (Lipinski definition) is 0. The molecule has 0 radical (unpaired) electrons. The molecule has 0 saturated heterocycles. The maximum Gasteiger partial charge on any atom is 0.0343 e. The first kappa shape index (κ1) is 10.2. The summed E-state index contributed by atoms with van der Waals surface area (Å²) in [6.07, 6.45) is 8.29. The van der Waals surface area contributed by atoms with Crippen molar-refractivity contribution in [1.29, 1.82) is 0 Å². The Balaban J connectivity index is 2.25. The minimum Gasteiger partial charge on any atom is -0.287 e. The van der Waals surface area contributed by atoms with Gasteiger partial charge in [-0.2, -0.15) is 11.8 Å². The van der Waals surface area contributed by atoms with Gasteiger partial charge in [0.25, 0.3) is 0 Å². The number of fused-ring (bicyclic) bond motifs is 1. The SMILES string of the molecule is CSC1CCc2ccn(SI)c2C1. The van der Waals surface area contributed by atoms with Gasteiger partial charge in [0.05, 0.1) is 0 Å². The van der Waals surface area contributed by atoms with Crippen LogP contribution >= 0.6 is 42.1 Å². The van der Waals surface area contributed by atoms with Gasteiger partial charge in [0, 0.05) is 53.9 Å². The topological polar surface area (TPSA) is 4.93 Å². The van der Waals surface area contributed by atoms with Crippen LogP contribution in [-0.4, -0.2) is 15.5 Å². The van der Waals surface area contributed by atoms with Gasteiger partial charge >= 0.3 is 0 Å². The summed E-state index contributed by atoms with van der Waals surface area (Å²) >= 11 is 4.35. The molecular weight excluding hydrogens is 313 g/mol. The summed E-state index contributed by atoms with van der Waals surface area (Å²) in [4.78, 5) is 0. The highest BCUT2D eigenvalue weighted by Gasteiger charge is 2.20. The first-order chi connectivity index (χ1) is 6.35. The van der Waals surface area contributed by atoms with Crippen LogP contribution in [0.3, 0.4) is 0 Å². The number of hydrogen-bond acceptors (Lipinski definition) is 2. The van der Waals surface area contributed by atoms with Gasteiger partial charge < -0.3 is 0 Å². The third-order valence-corrected chi connectivity index (χ3v) is 5.45. The normalized spacial score (nSPS) is 21.5. The van der Waals surface area contributed by atoms with Crippen LogP contribution < -0.4 is 0 Å². The summed E-state index contributed by atoms with van der Waals surface area (Å²) in [7, 11) is 1.78. The second kappa shape index (κ2) is 4.49. The van der Waals surface area contributed by atoms with Gasteiger partial charge in [-0.25, -0.2) is 0 Å². The molecule has 13 heavy (non-hydrogen) atoms. The molecule has 1 aromatic heterocycles. The minimum absolute atomic E-state index is 0.838. The summed E-state index contributed by atoms with van der Waals surface area (Å²) in [5.41, 5.74) is 3.11. The van der Waals surface area contributed by atoms with E-state index in [1.165, 1.54) is 19.3 Å². The average molecular weight is 325 g/mol. The van der Waals surface area contributed by atoms with E-state index in [0.717, 1.165) is 5.25 Å². The average Bonchev–Trinajstić information content (AvgIpc) is 2.59. The van der Waals surface area contributed by atoms with Gasteiger partial charge in [0.1, 0.15) is 0 Å². The summed E-state index contributed by atoms with van der Waals surface area (Å²) in [6, 6.07) is 2.28. The Morgan fingerprint density at radius 1 is 1.62 bits per heavy atom. The maximum atomic E-state index is 2.35. The lowest BCUT2D eigenvalue weighted by atomic mass is 9.98. The van der Waals surface area contributed by atoms with Crippen molar-refractivity contribution < 1.29 is 0 Å². The summed E-state index contributed by atoms with van der Waals surface area (Å²) < 4.78 is 2.30. The predicted molar refractivity (Wildman–Crippen MR) is 70.8 cm³/mol. The quantitative estimate of drug-likeness (QED) is 0.766. The van der Waals surface area contributed by atoms with Crippen molar-refractivity contribution >= 4 is 42.1 Å². The van der Waals surface area contributed by atoms with E-state index in [1.807, 2.05) is 11.8 Å². The smallest absolute Gasteiger partial charge is 0.0343 e. The van der Waals surface area contributed by atoms with E-state index in [-0.39, 0.29) is 0 Å². The van der Waals surface area contributed by atoms with E-state index < -0.39 is 0 Å². The molecule has 1 aliphatic carbocycles. The van der Waals surface area contributed by atoms with E-state index in [9.17, 15) is 0 Å². The highest BCUT2D eigenvalue weighted by Crippen LogP contribution is 2.31. The number of rotatable bonds is 2. The summed E-state index contributed by atoms with van der Waals surface area (Å²) in [5, 5.41) is 0.838. The van der Waals surface area contributed by atoms with Crippen molar-refractivity contribution in [3.8, 4) is 0 Å². The Hall–Kier alpha value is 0.710. The molecule has 0 spiro atoms. The molecule has 1 heterocycles. The Kier molecular flexibility index (Phi) is 3.53. The maximum absolute atomic E-state index is 2.35. The van der Waals surface area contributed by atoms with Crippen LogP contribution in [0.4, 0.5) is 0 Å². The molecule has 1 nitrogen and oxygen atoms in total. The monoisotopic (exact) mass is 325 g/mol. The van der Waals surface area contributed by atoms with E-state index in [2.05, 4.69) is 43.7 Å². The Morgan fingerprint density at radius 3 is 3.15 bits per heavy atom. The third-order valence-electron chi connectivity index (χ3n) is 2.61. The van der Waals surface area contributed by atoms with Crippen LogP contribution in [-0.2, 0) is 12.8 Å². The molecule has 0 amide bonds. The molecule has 2 rings (SSSR count). The van der Waals surface area contributed by atoms with Gasteiger partial charge in [0.2, 0.25) is 0 Å². The highest BCUT2D eigenvalue weighted by molar-refractivity contribution is 14.2. The molecule has 0 saturated carbocycles. The van der Waals surface area contributed by atoms with Crippen LogP contribution in [0.15, 0.2) is 12.3 Å². The number of aryl methyl sites for hydroxylation is 1. The summed E-state index contributed by atoms with van der Waals surface area (Å²) in [6.45, 7) is 0. The number of nitrogens with zero attached hydrogens (tertiary/aromatic N) is 1. The van der Waals surface area contributed by atoms with E-state index in [0.29, 0.717) is 0 Å². The van der Waals surface area contributed by atoms with Crippen molar-refractivity contribution in [2.75, 3.05) is 6.26 Å². The van der Waals surface area contributed by atoms with E-state index >= 15 is 0 Å². The van der Waals surface area contributed by atoms with Crippen LogP contribution in [0.2, 0.25) is 0 Å². The van der Waals surface area contributed by atoms with Gasteiger partial charge in [-0.05, 0) is 30.7 Å². The van der Waals surface area contributed by atoms with Gasteiger partial charge in [-0.3, -0.25) is 3.97 Å². The lowest BCUT2D eigenvalue weighted by Gasteiger charge is -2.21. The van der Waals surface area contributed by atoms with Crippen LogP contribution in [0.1, 0.15) is 17.7 Å². The second-order valence-electron chi connectivity index (χ2n) is 3.28. The number of thioether (sulfide) groups is 1. The van der Waals surface area contributed by atoms with Gasteiger partial charge in [0.15, 0.2) is 0 Å². The molecular formula is C9H12INS2. The zero-order valence-electron chi connectivity index (χ0n) is 7.50. The highest BCUT2D eigenvalue weighted by atomic mass is 127. The fraction of sp³-hybridized carbons (Fsp3) is 0.556. The van der Waals surface area contributed by atoms with E-state index in [4.69, 9.17) is 0 Å². The Bertz CT molecular complexity index is 284.